The van der Waals surface area contributed by atoms with E-state index in [1.54, 1.807) is 30.3 Å². The highest BCUT2D eigenvalue weighted by Crippen LogP contribution is 2.32. The molecule has 1 aliphatic rings. The molecule has 6 nitrogen and oxygen atoms in total. The third-order valence-corrected chi connectivity index (χ3v) is 7.00. The van der Waals surface area contributed by atoms with Crippen molar-refractivity contribution >= 4 is 21.8 Å². The highest BCUT2D eigenvalue weighted by atomic mass is 32.2. The topological polar surface area (TPSA) is 74.8 Å². The van der Waals surface area contributed by atoms with Crippen LogP contribution in [-0.4, -0.2) is 42.5 Å². The molecule has 0 bridgehead atoms. The van der Waals surface area contributed by atoms with Crippen molar-refractivity contribution in [2.45, 2.75) is 17.5 Å². The maximum absolute atomic E-state index is 13.2. The molecule has 1 heterocycles. The number of amides is 3. The third kappa shape index (κ3) is 4.36. The highest BCUT2D eigenvalue weighted by molar-refractivity contribution is 7.91. The molecule has 0 aromatic heterocycles. The maximum Gasteiger partial charge on any atom is 0.328 e. The van der Waals surface area contributed by atoms with E-state index < -0.39 is 27.8 Å². The van der Waals surface area contributed by atoms with Crippen LogP contribution in [0.2, 0.25) is 0 Å². The van der Waals surface area contributed by atoms with E-state index in [9.17, 15) is 18.0 Å². The van der Waals surface area contributed by atoms with E-state index in [0.29, 0.717) is 5.56 Å². The standard InChI is InChI=1S/C24H22N2O4S/c27-23-22(20-12-6-2-7-13-20)26(18-19-10-4-1-5-11-19)24(28)25(23)16-17-31(29,30)21-14-8-3-9-15-21/h1-15,22H,16-18H2. The molecule has 7 heteroatoms. The second-order valence-corrected chi connectivity index (χ2v) is 9.44. The van der Waals surface area contributed by atoms with Crippen LogP contribution >= 0.6 is 0 Å². The molecule has 1 unspecified atom stereocenters. The molecule has 1 aliphatic heterocycles. The summed E-state index contributed by atoms with van der Waals surface area (Å²) in [7, 11) is -3.62. The normalized spacial score (nSPS) is 16.7. The predicted molar refractivity (Wildman–Crippen MR) is 117 cm³/mol. The van der Waals surface area contributed by atoms with Gasteiger partial charge in [0.15, 0.2) is 9.84 Å². The Bertz CT molecular complexity index is 1170. The first-order valence-electron chi connectivity index (χ1n) is 9.96. The molecule has 0 N–H and O–H groups in total. The van der Waals surface area contributed by atoms with E-state index in [4.69, 9.17) is 0 Å². The molecule has 0 spiro atoms. The number of imide groups is 1. The van der Waals surface area contributed by atoms with Gasteiger partial charge in [-0.05, 0) is 23.3 Å². The molecule has 1 saturated heterocycles. The summed E-state index contributed by atoms with van der Waals surface area (Å²) in [5, 5.41) is 0. The maximum atomic E-state index is 13.2. The summed E-state index contributed by atoms with van der Waals surface area (Å²) in [5.41, 5.74) is 1.59. The highest BCUT2D eigenvalue weighted by Gasteiger charge is 2.45. The number of nitrogens with zero attached hydrogens (tertiary/aromatic N) is 2. The van der Waals surface area contributed by atoms with E-state index in [0.717, 1.165) is 10.5 Å². The summed E-state index contributed by atoms with van der Waals surface area (Å²) in [5.74, 6) is -0.731. The fraction of sp³-hybridized carbons (Fsp3) is 0.167. The van der Waals surface area contributed by atoms with Crippen LogP contribution in [0.3, 0.4) is 0 Å². The molecular formula is C24H22N2O4S. The largest absolute Gasteiger partial charge is 0.328 e. The van der Waals surface area contributed by atoms with Gasteiger partial charge in [0.2, 0.25) is 0 Å². The van der Waals surface area contributed by atoms with Crippen molar-refractivity contribution in [3.8, 4) is 0 Å². The van der Waals surface area contributed by atoms with Crippen LogP contribution in [0.25, 0.3) is 0 Å². The predicted octanol–water partition coefficient (Wildman–Crippen LogP) is 3.67. The molecule has 3 aromatic rings. The van der Waals surface area contributed by atoms with Crippen molar-refractivity contribution < 1.29 is 18.0 Å². The molecule has 0 saturated carbocycles. The van der Waals surface area contributed by atoms with E-state index in [2.05, 4.69) is 0 Å². The number of carbonyl (C=O) groups is 2. The number of urea groups is 1. The molecule has 31 heavy (non-hydrogen) atoms. The zero-order valence-electron chi connectivity index (χ0n) is 16.8. The zero-order chi connectivity index (χ0) is 21.8. The average Bonchev–Trinajstić information content (AvgIpc) is 3.03. The molecule has 3 amide bonds. The number of benzene rings is 3. The number of carbonyl (C=O) groups excluding carboxylic acids is 2. The average molecular weight is 435 g/mol. The van der Waals surface area contributed by atoms with Gasteiger partial charge in [-0.25, -0.2) is 13.2 Å². The van der Waals surface area contributed by atoms with Gasteiger partial charge in [-0.3, -0.25) is 9.69 Å². The summed E-state index contributed by atoms with van der Waals surface area (Å²) in [4.78, 5) is 29.2. The second-order valence-electron chi connectivity index (χ2n) is 7.33. The Morgan fingerprint density at radius 1 is 0.742 bits per heavy atom. The lowest BCUT2D eigenvalue weighted by Gasteiger charge is -2.22. The Morgan fingerprint density at radius 3 is 1.90 bits per heavy atom. The Morgan fingerprint density at radius 2 is 1.29 bits per heavy atom. The fourth-order valence-electron chi connectivity index (χ4n) is 3.70. The van der Waals surface area contributed by atoms with E-state index >= 15 is 0 Å². The second kappa shape index (κ2) is 8.73. The van der Waals surface area contributed by atoms with Crippen LogP contribution in [0, 0.1) is 0 Å². The summed E-state index contributed by atoms with van der Waals surface area (Å²) in [6.45, 7) is 0.0659. The Labute approximate surface area is 181 Å². The van der Waals surface area contributed by atoms with Crippen LogP contribution in [0.15, 0.2) is 95.9 Å². The van der Waals surface area contributed by atoms with Gasteiger partial charge in [-0.2, -0.15) is 0 Å². The number of hydrogen-bond donors (Lipinski definition) is 0. The Hall–Kier alpha value is -3.45. The van der Waals surface area contributed by atoms with Crippen molar-refractivity contribution in [3.05, 3.63) is 102 Å². The Balaban J connectivity index is 1.60. The van der Waals surface area contributed by atoms with E-state index in [-0.39, 0.29) is 23.7 Å². The first-order chi connectivity index (χ1) is 15.0. The Kier molecular flexibility index (Phi) is 5.86. The first kappa shape index (κ1) is 20.8. The summed E-state index contributed by atoms with van der Waals surface area (Å²) in [6, 6.07) is 25.3. The SMILES string of the molecule is O=C1C(c2ccccc2)N(Cc2ccccc2)C(=O)N1CCS(=O)(=O)c1ccccc1. The van der Waals surface area contributed by atoms with Crippen LogP contribution in [0.4, 0.5) is 4.79 Å². The lowest BCUT2D eigenvalue weighted by molar-refractivity contribution is -0.128. The summed E-state index contributed by atoms with van der Waals surface area (Å²) >= 11 is 0. The molecule has 158 valence electrons. The van der Waals surface area contributed by atoms with Gasteiger partial charge in [0.1, 0.15) is 6.04 Å². The molecule has 4 rings (SSSR count). The van der Waals surface area contributed by atoms with E-state index in [1.165, 1.54) is 17.0 Å². The minimum Gasteiger partial charge on any atom is -0.304 e. The van der Waals surface area contributed by atoms with Crippen molar-refractivity contribution in [3.63, 3.8) is 0 Å². The third-order valence-electron chi connectivity index (χ3n) is 5.29. The van der Waals surface area contributed by atoms with E-state index in [1.807, 2.05) is 48.5 Å². The number of sulfone groups is 1. The number of rotatable bonds is 7. The molecule has 0 aliphatic carbocycles. The lowest BCUT2D eigenvalue weighted by Crippen LogP contribution is -2.36. The molecule has 1 fully saturated rings. The zero-order valence-corrected chi connectivity index (χ0v) is 17.6. The monoisotopic (exact) mass is 434 g/mol. The van der Waals surface area contributed by atoms with Crippen LogP contribution in [0.5, 0.6) is 0 Å². The van der Waals surface area contributed by atoms with Crippen molar-refractivity contribution in [2.75, 3.05) is 12.3 Å². The molecule has 3 aromatic carbocycles. The quantitative estimate of drug-likeness (QED) is 0.532. The summed E-state index contributed by atoms with van der Waals surface area (Å²) < 4.78 is 25.3. The van der Waals surface area contributed by atoms with Crippen molar-refractivity contribution in [1.82, 2.24) is 9.80 Å². The van der Waals surface area contributed by atoms with Crippen LogP contribution < -0.4 is 0 Å². The van der Waals surface area contributed by atoms with Gasteiger partial charge in [-0.1, -0.05) is 78.9 Å². The van der Waals surface area contributed by atoms with Crippen molar-refractivity contribution in [2.24, 2.45) is 0 Å². The van der Waals surface area contributed by atoms with Gasteiger partial charge in [0, 0.05) is 13.1 Å². The smallest absolute Gasteiger partial charge is 0.304 e. The first-order valence-corrected chi connectivity index (χ1v) is 11.6. The van der Waals surface area contributed by atoms with Gasteiger partial charge in [0.05, 0.1) is 10.6 Å². The minimum absolute atomic E-state index is 0.176. The minimum atomic E-state index is -3.62. The molecule has 1 atom stereocenters. The van der Waals surface area contributed by atoms with Crippen LogP contribution in [0.1, 0.15) is 17.2 Å². The molecule has 0 radical (unpaired) electrons. The van der Waals surface area contributed by atoms with Gasteiger partial charge < -0.3 is 4.90 Å². The van der Waals surface area contributed by atoms with Gasteiger partial charge in [0.25, 0.3) is 5.91 Å². The summed E-state index contributed by atoms with van der Waals surface area (Å²) in [6.07, 6.45) is 0. The lowest BCUT2D eigenvalue weighted by atomic mass is 10.1. The van der Waals surface area contributed by atoms with Crippen LogP contribution in [-0.2, 0) is 21.2 Å². The fourth-order valence-corrected chi connectivity index (χ4v) is 4.93. The number of hydrogen-bond acceptors (Lipinski definition) is 4. The van der Waals surface area contributed by atoms with Gasteiger partial charge >= 0.3 is 6.03 Å². The van der Waals surface area contributed by atoms with Gasteiger partial charge in [-0.15, -0.1) is 0 Å². The molecular weight excluding hydrogens is 412 g/mol. The van der Waals surface area contributed by atoms with Crippen molar-refractivity contribution in [1.29, 1.82) is 0 Å².